The van der Waals surface area contributed by atoms with Crippen LogP contribution in [0.1, 0.15) is 104 Å². The topological polar surface area (TPSA) is 36.9 Å². The fourth-order valence-corrected chi connectivity index (χ4v) is 3.17. The van der Waals surface area contributed by atoms with Crippen LogP contribution in [0.25, 0.3) is 0 Å². The van der Waals surface area contributed by atoms with Crippen LogP contribution in [-0.2, 0) is 18.9 Å². The molecule has 0 spiro atoms. The van der Waals surface area contributed by atoms with Gasteiger partial charge in [-0.05, 0) is 45.6 Å². The van der Waals surface area contributed by atoms with E-state index in [2.05, 4.69) is 6.08 Å². The highest BCUT2D eigenvalue weighted by Gasteiger charge is 2.06. The van der Waals surface area contributed by atoms with Gasteiger partial charge in [0.05, 0.1) is 6.26 Å². The lowest BCUT2D eigenvalue weighted by atomic mass is 10.0. The van der Waals surface area contributed by atoms with E-state index in [1.54, 1.807) is 13.4 Å². The molecule has 0 aliphatic heterocycles. The van der Waals surface area contributed by atoms with Gasteiger partial charge in [-0.2, -0.15) is 0 Å². The maximum atomic E-state index is 5.58. The van der Waals surface area contributed by atoms with Gasteiger partial charge >= 0.3 is 0 Å². The number of ether oxygens (including phenoxy) is 4. The number of allylic oxidation sites excluding steroid dienone is 1. The summed E-state index contributed by atoms with van der Waals surface area (Å²) < 4.78 is 21.1. The number of rotatable bonds is 22. The first-order chi connectivity index (χ1) is 13.3. The predicted molar refractivity (Wildman–Crippen MR) is 114 cm³/mol. The van der Waals surface area contributed by atoms with Gasteiger partial charge in [0.25, 0.3) is 0 Å². The van der Waals surface area contributed by atoms with Crippen LogP contribution in [0.4, 0.5) is 0 Å². The summed E-state index contributed by atoms with van der Waals surface area (Å²) in [5, 5.41) is 0. The Morgan fingerprint density at radius 2 is 1.15 bits per heavy atom. The van der Waals surface area contributed by atoms with Crippen LogP contribution in [0.5, 0.6) is 0 Å². The first-order valence-electron chi connectivity index (χ1n) is 11.3. The zero-order valence-electron chi connectivity index (χ0n) is 18.4. The van der Waals surface area contributed by atoms with Gasteiger partial charge in [-0.3, -0.25) is 0 Å². The molecule has 0 aromatic carbocycles. The van der Waals surface area contributed by atoms with Crippen molar-refractivity contribution in [3.63, 3.8) is 0 Å². The van der Waals surface area contributed by atoms with Crippen molar-refractivity contribution in [3.8, 4) is 0 Å². The van der Waals surface area contributed by atoms with Crippen molar-refractivity contribution in [2.75, 3.05) is 27.1 Å². The Hall–Kier alpha value is -0.580. The lowest BCUT2D eigenvalue weighted by Crippen LogP contribution is -2.17. The second-order valence-corrected chi connectivity index (χ2v) is 7.11. The van der Waals surface area contributed by atoms with E-state index >= 15 is 0 Å². The third-order valence-corrected chi connectivity index (χ3v) is 4.64. The van der Waals surface area contributed by atoms with Gasteiger partial charge in [0.2, 0.25) is 0 Å². The minimum absolute atomic E-state index is 0.0139. The Kier molecular flexibility index (Phi) is 23.0. The molecular formula is C23H46O4. The molecule has 0 heterocycles. The molecule has 0 aliphatic carbocycles. The Morgan fingerprint density at radius 3 is 1.63 bits per heavy atom. The van der Waals surface area contributed by atoms with Gasteiger partial charge < -0.3 is 18.9 Å². The van der Waals surface area contributed by atoms with Gasteiger partial charge in [-0.1, -0.05) is 64.2 Å². The van der Waals surface area contributed by atoms with Gasteiger partial charge in [-0.25, -0.2) is 0 Å². The smallest absolute Gasteiger partial charge is 0.187 e. The molecule has 0 radical (unpaired) electrons. The Bertz CT molecular complexity index is 288. The zero-order valence-corrected chi connectivity index (χ0v) is 18.4. The second kappa shape index (κ2) is 23.5. The van der Waals surface area contributed by atoms with Crippen LogP contribution in [-0.4, -0.2) is 33.4 Å². The van der Waals surface area contributed by atoms with Crippen molar-refractivity contribution in [2.24, 2.45) is 0 Å². The lowest BCUT2D eigenvalue weighted by Gasteiger charge is -2.16. The van der Waals surface area contributed by atoms with Crippen molar-refractivity contribution in [2.45, 2.75) is 110 Å². The van der Waals surface area contributed by atoms with E-state index in [0.717, 1.165) is 26.1 Å². The maximum Gasteiger partial charge on any atom is 0.187 e. The van der Waals surface area contributed by atoms with Gasteiger partial charge in [0, 0.05) is 20.3 Å². The van der Waals surface area contributed by atoms with Gasteiger partial charge in [-0.15, -0.1) is 0 Å². The van der Waals surface area contributed by atoms with Gasteiger partial charge in [0.15, 0.2) is 13.1 Å². The van der Waals surface area contributed by atoms with E-state index in [1.807, 2.05) is 13.8 Å². The summed E-state index contributed by atoms with van der Waals surface area (Å²) in [4.78, 5) is 0. The molecule has 0 aromatic rings. The highest BCUT2D eigenvalue weighted by Crippen LogP contribution is 2.14. The Labute approximate surface area is 169 Å². The van der Waals surface area contributed by atoms with E-state index in [9.17, 15) is 0 Å². The molecule has 0 aliphatic rings. The van der Waals surface area contributed by atoms with Crippen molar-refractivity contribution < 1.29 is 18.9 Å². The molecular weight excluding hydrogens is 340 g/mol. The normalized spacial score (nSPS) is 11.7. The molecule has 0 atom stereocenters. The summed E-state index contributed by atoms with van der Waals surface area (Å²) in [5.41, 5.74) is 0. The molecule has 0 amide bonds. The van der Waals surface area contributed by atoms with Crippen molar-refractivity contribution in [3.05, 3.63) is 12.3 Å². The maximum absolute atomic E-state index is 5.58. The van der Waals surface area contributed by atoms with Crippen molar-refractivity contribution in [1.82, 2.24) is 0 Å². The number of methoxy groups -OCH3 is 1. The Balaban J connectivity index is 3.17. The minimum Gasteiger partial charge on any atom is -0.476 e. The van der Waals surface area contributed by atoms with E-state index in [-0.39, 0.29) is 6.29 Å². The van der Waals surface area contributed by atoms with Crippen LogP contribution in [0.2, 0.25) is 0 Å². The summed E-state index contributed by atoms with van der Waals surface area (Å²) in [7, 11) is 1.64. The first-order valence-corrected chi connectivity index (χ1v) is 11.3. The molecule has 4 heteroatoms. The summed E-state index contributed by atoms with van der Waals surface area (Å²) in [6.07, 6.45) is 22.2. The predicted octanol–water partition coefficient (Wildman–Crippen LogP) is 6.98. The van der Waals surface area contributed by atoms with Crippen LogP contribution in [0.3, 0.4) is 0 Å². The first kappa shape index (κ1) is 26.4. The molecule has 0 unspecified atom stereocenters. The van der Waals surface area contributed by atoms with E-state index in [0.29, 0.717) is 6.79 Å². The van der Waals surface area contributed by atoms with E-state index in [4.69, 9.17) is 18.9 Å². The third kappa shape index (κ3) is 21.6. The fourth-order valence-electron chi connectivity index (χ4n) is 3.17. The second-order valence-electron chi connectivity index (χ2n) is 7.11. The highest BCUT2D eigenvalue weighted by molar-refractivity contribution is 4.72. The van der Waals surface area contributed by atoms with E-state index < -0.39 is 0 Å². The molecule has 4 nitrogen and oxygen atoms in total. The summed E-state index contributed by atoms with van der Waals surface area (Å²) in [6, 6.07) is 0. The molecule has 0 rings (SSSR count). The lowest BCUT2D eigenvalue weighted by molar-refractivity contribution is -0.140. The van der Waals surface area contributed by atoms with Crippen LogP contribution < -0.4 is 0 Å². The largest absolute Gasteiger partial charge is 0.476 e. The molecule has 0 saturated carbocycles. The molecule has 0 fully saturated rings. The van der Waals surface area contributed by atoms with Crippen molar-refractivity contribution in [1.29, 1.82) is 0 Å². The molecule has 0 bridgehead atoms. The van der Waals surface area contributed by atoms with Crippen LogP contribution in [0, 0.1) is 0 Å². The SMILES string of the molecule is CCOC(CCCCCCCCCCCCCCC=COCOC)OCC. The quantitative estimate of drug-likeness (QED) is 0.114. The minimum atomic E-state index is 0.0139. The molecule has 162 valence electrons. The monoisotopic (exact) mass is 386 g/mol. The third-order valence-electron chi connectivity index (χ3n) is 4.64. The molecule has 0 N–H and O–H groups in total. The molecule has 0 aromatic heterocycles. The van der Waals surface area contributed by atoms with Crippen LogP contribution in [0.15, 0.2) is 12.3 Å². The van der Waals surface area contributed by atoms with Gasteiger partial charge in [0.1, 0.15) is 0 Å². The highest BCUT2D eigenvalue weighted by atomic mass is 16.7. The fraction of sp³-hybridized carbons (Fsp3) is 0.913. The number of hydrogen-bond donors (Lipinski definition) is 0. The standard InChI is InChI=1S/C23H46O4/c1-4-26-23(27-5-2)20-18-16-14-12-10-8-6-7-9-11-13-15-17-19-21-25-22-24-3/h19,21,23H,4-18,20,22H2,1-3H3. The zero-order chi connectivity index (χ0) is 19.8. The summed E-state index contributed by atoms with van der Waals surface area (Å²) in [5.74, 6) is 0. The molecule has 0 saturated heterocycles. The number of hydrogen-bond acceptors (Lipinski definition) is 4. The summed E-state index contributed by atoms with van der Waals surface area (Å²) in [6.45, 7) is 5.89. The number of unbranched alkanes of at least 4 members (excludes halogenated alkanes) is 12. The van der Waals surface area contributed by atoms with E-state index in [1.165, 1.54) is 77.0 Å². The Morgan fingerprint density at radius 1 is 0.667 bits per heavy atom. The average Bonchev–Trinajstić information content (AvgIpc) is 2.67. The summed E-state index contributed by atoms with van der Waals surface area (Å²) >= 11 is 0. The van der Waals surface area contributed by atoms with Crippen molar-refractivity contribution >= 4 is 0 Å². The average molecular weight is 387 g/mol. The molecule has 27 heavy (non-hydrogen) atoms. The van der Waals surface area contributed by atoms with Crippen LogP contribution >= 0.6 is 0 Å².